The zero-order chi connectivity index (χ0) is 6.97. The first-order valence-corrected chi connectivity index (χ1v) is 4.10. The van der Waals surface area contributed by atoms with Gasteiger partial charge in [-0.1, -0.05) is 12.1 Å². The van der Waals surface area contributed by atoms with Crippen molar-refractivity contribution in [1.82, 2.24) is 0 Å². The van der Waals surface area contributed by atoms with Crippen LogP contribution in [0.3, 0.4) is 0 Å². The van der Waals surface area contributed by atoms with E-state index in [1.54, 1.807) is 11.3 Å². The van der Waals surface area contributed by atoms with E-state index in [9.17, 15) is 0 Å². The Morgan fingerprint density at radius 2 is 2.30 bits per heavy atom. The van der Waals surface area contributed by atoms with Crippen molar-refractivity contribution in [3.63, 3.8) is 0 Å². The monoisotopic (exact) mass is 147 g/mol. The lowest BCUT2D eigenvalue weighted by Gasteiger charge is -1.98. The van der Waals surface area contributed by atoms with Crippen LogP contribution in [-0.2, 0) is 0 Å². The first-order valence-electron chi connectivity index (χ1n) is 3.22. The second kappa shape index (κ2) is 2.10. The van der Waals surface area contributed by atoms with Crippen molar-refractivity contribution >= 4 is 11.3 Å². The Morgan fingerprint density at radius 3 is 3.10 bits per heavy atom. The lowest BCUT2D eigenvalue weighted by molar-refractivity contribution is 1.60. The van der Waals surface area contributed by atoms with Crippen molar-refractivity contribution in [2.24, 2.45) is 0 Å². The van der Waals surface area contributed by atoms with Gasteiger partial charge in [0, 0.05) is 4.88 Å². The van der Waals surface area contributed by atoms with Crippen LogP contribution >= 0.6 is 11.3 Å². The molecule has 0 bridgehead atoms. The summed E-state index contributed by atoms with van der Waals surface area (Å²) in [5.41, 5.74) is 2.57. The molecule has 1 aliphatic heterocycles. The fourth-order valence-electron chi connectivity index (χ4n) is 1.09. The van der Waals surface area contributed by atoms with Crippen molar-refractivity contribution < 1.29 is 0 Å². The lowest BCUT2D eigenvalue weighted by Crippen LogP contribution is -1.73. The average Bonchev–Trinajstić information content (AvgIpc) is 2.36. The maximum atomic E-state index is 3.17. The van der Waals surface area contributed by atoms with Crippen LogP contribution in [0.5, 0.6) is 0 Å². The van der Waals surface area contributed by atoms with Crippen LogP contribution in [0.4, 0.5) is 0 Å². The highest BCUT2D eigenvalue weighted by atomic mass is 32.1. The third kappa shape index (κ3) is 0.745. The molecule has 0 aromatic rings. The molecule has 1 heterocycles. The molecule has 2 rings (SSSR count). The van der Waals surface area contributed by atoms with Gasteiger partial charge in [-0.25, -0.2) is 0 Å². The Kier molecular flexibility index (Phi) is 1.24. The van der Waals surface area contributed by atoms with E-state index in [1.807, 2.05) is 6.07 Å². The second-order valence-electron chi connectivity index (χ2n) is 2.28. The molecule has 0 aromatic carbocycles. The smallest absolute Gasteiger partial charge is 0.00925 e. The second-order valence-corrected chi connectivity index (χ2v) is 3.40. The van der Waals surface area contributed by atoms with E-state index < -0.39 is 0 Å². The number of hydrogen-bond donors (Lipinski definition) is 0. The van der Waals surface area contributed by atoms with Crippen LogP contribution in [0.15, 0.2) is 23.6 Å². The summed E-state index contributed by atoms with van der Waals surface area (Å²) in [6.45, 7) is 2.14. The molecule has 0 N–H and O–H groups in total. The lowest BCUT2D eigenvalue weighted by atomic mass is 10.2. The number of hydrogen-bond acceptors (Lipinski definition) is 1. The third-order valence-electron chi connectivity index (χ3n) is 1.64. The van der Waals surface area contributed by atoms with Crippen molar-refractivity contribution in [1.29, 1.82) is 0 Å². The molecule has 10 heavy (non-hydrogen) atoms. The summed E-state index contributed by atoms with van der Waals surface area (Å²) in [5, 5.41) is 2.11. The molecule has 0 atom stereocenters. The molecule has 1 radical (unpaired) electrons. The summed E-state index contributed by atoms with van der Waals surface area (Å²) < 4.78 is 0. The summed E-state index contributed by atoms with van der Waals surface area (Å²) in [6, 6.07) is 9.36. The van der Waals surface area contributed by atoms with Gasteiger partial charge in [0.1, 0.15) is 0 Å². The van der Waals surface area contributed by atoms with Crippen molar-refractivity contribution in [3.8, 4) is 11.1 Å². The van der Waals surface area contributed by atoms with Crippen LogP contribution in [-0.4, -0.2) is 0 Å². The van der Waals surface area contributed by atoms with Gasteiger partial charge in [0.2, 0.25) is 0 Å². The molecule has 0 spiro atoms. The van der Waals surface area contributed by atoms with Gasteiger partial charge in [-0.3, -0.25) is 0 Å². The number of aryl methyl sites for hydroxylation is 1. The van der Waals surface area contributed by atoms with Crippen LogP contribution in [0.25, 0.3) is 11.1 Å². The van der Waals surface area contributed by atoms with Crippen molar-refractivity contribution in [2.75, 3.05) is 0 Å². The van der Waals surface area contributed by atoms with Gasteiger partial charge >= 0.3 is 0 Å². The van der Waals surface area contributed by atoms with E-state index in [0.29, 0.717) is 0 Å². The normalized spacial score (nSPS) is 10.5. The fraction of sp³-hybridized carbons (Fsp3) is 0.111. The van der Waals surface area contributed by atoms with Gasteiger partial charge in [-0.05, 0) is 35.6 Å². The van der Waals surface area contributed by atoms with Gasteiger partial charge < -0.3 is 0 Å². The largest absolute Gasteiger partial charge is 0.149 e. The van der Waals surface area contributed by atoms with E-state index in [2.05, 4.69) is 30.5 Å². The summed E-state index contributed by atoms with van der Waals surface area (Å²) >= 11 is 1.78. The molecule has 0 nitrogen and oxygen atoms in total. The van der Waals surface area contributed by atoms with E-state index in [4.69, 9.17) is 0 Å². The Hall–Kier alpha value is -0.820. The number of fused-ring (bicyclic) bond motifs is 1. The molecule has 0 aromatic heterocycles. The van der Waals surface area contributed by atoms with Crippen LogP contribution in [0.1, 0.15) is 4.88 Å². The molecule has 0 saturated heterocycles. The Bertz CT molecular complexity index is 309. The SMILES string of the molecule is Cc1sccc2[c]ccc1-2. The predicted octanol–water partition coefficient (Wildman–Crippen LogP) is 2.96. The molecule has 0 saturated carbocycles. The van der Waals surface area contributed by atoms with Gasteiger partial charge in [0.15, 0.2) is 0 Å². The van der Waals surface area contributed by atoms with E-state index >= 15 is 0 Å². The Morgan fingerprint density at radius 1 is 1.40 bits per heavy atom. The summed E-state index contributed by atoms with van der Waals surface area (Å²) in [6.07, 6.45) is 0. The first kappa shape index (κ1) is 5.93. The van der Waals surface area contributed by atoms with Crippen LogP contribution in [0, 0.1) is 13.0 Å². The zero-order valence-corrected chi connectivity index (χ0v) is 6.53. The molecule has 0 amide bonds. The summed E-state index contributed by atoms with van der Waals surface area (Å²) in [7, 11) is 0. The average molecular weight is 147 g/mol. The van der Waals surface area contributed by atoms with E-state index in [1.165, 1.54) is 16.0 Å². The van der Waals surface area contributed by atoms with Crippen molar-refractivity contribution in [3.05, 3.63) is 34.5 Å². The molecular formula is C9H7S. The van der Waals surface area contributed by atoms with Gasteiger partial charge in [0.05, 0.1) is 0 Å². The fourth-order valence-corrected chi connectivity index (χ4v) is 1.81. The molecule has 49 valence electrons. The Balaban J connectivity index is 2.80. The third-order valence-corrected chi connectivity index (χ3v) is 2.48. The number of rotatable bonds is 0. The maximum absolute atomic E-state index is 3.17. The first-order chi connectivity index (χ1) is 4.88. The Labute approximate surface area is 64.5 Å². The van der Waals surface area contributed by atoms with E-state index in [-0.39, 0.29) is 0 Å². The minimum absolute atomic E-state index is 1.23. The quantitative estimate of drug-likeness (QED) is 0.537. The summed E-state index contributed by atoms with van der Waals surface area (Å²) in [4.78, 5) is 1.37. The van der Waals surface area contributed by atoms with Crippen molar-refractivity contribution in [2.45, 2.75) is 6.92 Å². The highest BCUT2D eigenvalue weighted by Crippen LogP contribution is 2.27. The molecule has 0 unspecified atom stereocenters. The highest BCUT2D eigenvalue weighted by molar-refractivity contribution is 7.10. The molecule has 2 aliphatic rings. The minimum Gasteiger partial charge on any atom is -0.149 e. The molecule has 0 fully saturated rings. The standard InChI is InChI=1S/C9H7S/c1-7-9-4-2-3-8(9)5-6-10-7/h2,4-6H,1H3. The topological polar surface area (TPSA) is 0 Å². The zero-order valence-electron chi connectivity index (χ0n) is 5.72. The van der Waals surface area contributed by atoms with E-state index in [0.717, 1.165) is 0 Å². The van der Waals surface area contributed by atoms with Crippen LogP contribution < -0.4 is 0 Å². The summed E-state index contributed by atoms with van der Waals surface area (Å²) in [5.74, 6) is 0. The molecular weight excluding hydrogens is 140 g/mol. The van der Waals surface area contributed by atoms with Crippen LogP contribution in [0.2, 0.25) is 0 Å². The van der Waals surface area contributed by atoms with Gasteiger partial charge in [-0.15, -0.1) is 11.3 Å². The van der Waals surface area contributed by atoms with Gasteiger partial charge in [0.25, 0.3) is 0 Å². The predicted molar refractivity (Wildman–Crippen MR) is 44.5 cm³/mol. The van der Waals surface area contributed by atoms with Gasteiger partial charge in [-0.2, -0.15) is 0 Å². The highest BCUT2D eigenvalue weighted by Gasteiger charge is 2.02. The maximum Gasteiger partial charge on any atom is 0.00925 e. The molecule has 1 aliphatic carbocycles. The minimum atomic E-state index is 1.23. The molecule has 1 heteroatoms.